The molecule has 0 saturated heterocycles. The number of carbonyl (C=O) groups is 1. The van der Waals surface area contributed by atoms with Gasteiger partial charge >= 0.3 is 0 Å². The van der Waals surface area contributed by atoms with E-state index in [1.54, 1.807) is 12.1 Å². The highest BCUT2D eigenvalue weighted by Crippen LogP contribution is 2.37. The van der Waals surface area contributed by atoms with Crippen LogP contribution in [0.2, 0.25) is 10.0 Å². The van der Waals surface area contributed by atoms with Gasteiger partial charge < -0.3 is 4.74 Å². The quantitative estimate of drug-likeness (QED) is 0.418. The van der Waals surface area contributed by atoms with Crippen molar-refractivity contribution in [2.24, 2.45) is 0 Å². The van der Waals surface area contributed by atoms with E-state index in [-0.39, 0.29) is 5.91 Å². The third-order valence-electron chi connectivity index (χ3n) is 4.08. The van der Waals surface area contributed by atoms with Gasteiger partial charge in [0.1, 0.15) is 11.3 Å². The van der Waals surface area contributed by atoms with E-state index in [0.29, 0.717) is 38.6 Å². The molecule has 0 spiro atoms. The van der Waals surface area contributed by atoms with Crippen LogP contribution in [0.15, 0.2) is 48.5 Å². The van der Waals surface area contributed by atoms with Gasteiger partial charge in [-0.05, 0) is 35.9 Å². The zero-order chi connectivity index (χ0) is 19.0. The average molecular weight is 417 g/mol. The van der Waals surface area contributed by atoms with Gasteiger partial charge in [-0.25, -0.2) is 4.98 Å². The normalized spacial score (nSPS) is 11.1. The smallest absolute Gasteiger partial charge is 0.261 e. The van der Waals surface area contributed by atoms with Crippen LogP contribution >= 0.6 is 34.5 Å². The summed E-state index contributed by atoms with van der Waals surface area (Å²) in [4.78, 5) is 17.5. The first-order chi connectivity index (χ1) is 13.1. The minimum atomic E-state index is -0.290. The maximum atomic E-state index is 13.1. The Morgan fingerprint density at radius 3 is 2.67 bits per heavy atom. The van der Waals surface area contributed by atoms with Crippen molar-refractivity contribution in [3.8, 4) is 5.75 Å². The van der Waals surface area contributed by atoms with Crippen LogP contribution in [-0.4, -0.2) is 17.5 Å². The summed E-state index contributed by atoms with van der Waals surface area (Å²) in [5.74, 6) is 0.243. The van der Waals surface area contributed by atoms with Crippen LogP contribution in [-0.2, 0) is 0 Å². The van der Waals surface area contributed by atoms with Crippen LogP contribution in [0.5, 0.6) is 5.75 Å². The fraction of sp³-hybridized carbons (Fsp3) is 0.100. The summed E-state index contributed by atoms with van der Waals surface area (Å²) >= 11 is 13.7. The zero-order valence-electron chi connectivity index (χ0n) is 14.3. The van der Waals surface area contributed by atoms with Crippen molar-refractivity contribution < 1.29 is 9.53 Å². The molecule has 0 aliphatic heterocycles. The van der Waals surface area contributed by atoms with Crippen molar-refractivity contribution in [3.05, 3.63) is 64.1 Å². The molecule has 0 unspecified atom stereocenters. The molecule has 1 aromatic heterocycles. The van der Waals surface area contributed by atoms with Crippen molar-refractivity contribution in [1.29, 1.82) is 0 Å². The molecule has 4 aromatic rings. The standard InChI is InChI=1S/C20H14Cl2N2O2S/c1-2-26-15-10-7-11-5-3-4-6-12(11)16(15)19(25)24-20-23-17-13(21)8-9-14(22)18(17)27-20/h3-10H,2H2,1H3,(H,23,24,25). The average Bonchev–Trinajstić information content (AvgIpc) is 3.10. The Balaban J connectivity index is 1.78. The molecule has 136 valence electrons. The summed E-state index contributed by atoms with van der Waals surface area (Å²) in [6.45, 7) is 2.35. The van der Waals surface area contributed by atoms with Crippen molar-refractivity contribution in [2.45, 2.75) is 6.92 Å². The maximum absolute atomic E-state index is 13.1. The lowest BCUT2D eigenvalue weighted by atomic mass is 10.0. The lowest BCUT2D eigenvalue weighted by Gasteiger charge is -2.12. The van der Waals surface area contributed by atoms with E-state index < -0.39 is 0 Å². The highest BCUT2D eigenvalue weighted by atomic mass is 35.5. The second-order valence-electron chi connectivity index (χ2n) is 5.77. The topological polar surface area (TPSA) is 51.2 Å². The van der Waals surface area contributed by atoms with Crippen LogP contribution in [0, 0.1) is 0 Å². The minimum absolute atomic E-state index is 0.290. The third-order valence-corrected chi connectivity index (χ3v) is 5.82. The molecule has 0 saturated carbocycles. The summed E-state index contributed by atoms with van der Waals surface area (Å²) in [5, 5.41) is 6.11. The number of benzene rings is 3. The highest BCUT2D eigenvalue weighted by molar-refractivity contribution is 7.23. The van der Waals surface area contributed by atoms with Gasteiger partial charge in [0.05, 0.1) is 26.9 Å². The Labute approximate surface area is 169 Å². The molecule has 1 amide bonds. The monoisotopic (exact) mass is 416 g/mol. The van der Waals surface area contributed by atoms with Gasteiger partial charge in [-0.15, -0.1) is 0 Å². The lowest BCUT2D eigenvalue weighted by molar-refractivity contribution is 0.102. The summed E-state index contributed by atoms with van der Waals surface area (Å²) in [6, 6.07) is 14.8. The van der Waals surface area contributed by atoms with Crippen molar-refractivity contribution >= 4 is 66.6 Å². The number of nitrogens with one attached hydrogen (secondary N) is 1. The molecule has 1 N–H and O–H groups in total. The Morgan fingerprint density at radius 2 is 1.89 bits per heavy atom. The van der Waals surface area contributed by atoms with E-state index >= 15 is 0 Å². The van der Waals surface area contributed by atoms with Gasteiger partial charge in [-0.2, -0.15) is 0 Å². The largest absolute Gasteiger partial charge is 0.493 e. The summed E-state index contributed by atoms with van der Waals surface area (Å²) in [6.07, 6.45) is 0. The number of carbonyl (C=O) groups excluding carboxylic acids is 1. The number of hydrogen-bond donors (Lipinski definition) is 1. The highest BCUT2D eigenvalue weighted by Gasteiger charge is 2.19. The molecule has 3 aromatic carbocycles. The molecule has 0 aliphatic rings. The molecule has 7 heteroatoms. The summed E-state index contributed by atoms with van der Waals surface area (Å²) in [7, 11) is 0. The van der Waals surface area contributed by atoms with E-state index in [9.17, 15) is 4.79 Å². The number of hydrogen-bond acceptors (Lipinski definition) is 4. The van der Waals surface area contributed by atoms with E-state index in [0.717, 1.165) is 15.5 Å². The number of rotatable bonds is 4. The molecule has 0 atom stereocenters. The van der Waals surface area contributed by atoms with Gasteiger partial charge in [0.2, 0.25) is 0 Å². The van der Waals surface area contributed by atoms with Crippen molar-refractivity contribution in [3.63, 3.8) is 0 Å². The Hall–Kier alpha value is -2.34. The van der Waals surface area contributed by atoms with E-state index in [1.165, 1.54) is 11.3 Å². The number of amides is 1. The Morgan fingerprint density at radius 1 is 1.11 bits per heavy atom. The number of aromatic nitrogens is 1. The maximum Gasteiger partial charge on any atom is 0.261 e. The Bertz CT molecular complexity index is 1130. The molecule has 27 heavy (non-hydrogen) atoms. The van der Waals surface area contributed by atoms with Crippen LogP contribution in [0.4, 0.5) is 5.13 Å². The first-order valence-corrected chi connectivity index (χ1v) is 9.86. The third kappa shape index (κ3) is 3.34. The van der Waals surface area contributed by atoms with Crippen molar-refractivity contribution in [1.82, 2.24) is 4.98 Å². The van der Waals surface area contributed by atoms with Crippen LogP contribution in [0.25, 0.3) is 21.0 Å². The predicted molar refractivity (Wildman–Crippen MR) is 113 cm³/mol. The van der Waals surface area contributed by atoms with Gasteiger partial charge in [0.25, 0.3) is 5.91 Å². The molecule has 0 aliphatic carbocycles. The lowest BCUT2D eigenvalue weighted by Crippen LogP contribution is -2.14. The zero-order valence-corrected chi connectivity index (χ0v) is 16.6. The van der Waals surface area contributed by atoms with Gasteiger partial charge in [0, 0.05) is 0 Å². The molecule has 4 nitrogen and oxygen atoms in total. The fourth-order valence-electron chi connectivity index (χ4n) is 2.92. The first kappa shape index (κ1) is 18.0. The van der Waals surface area contributed by atoms with Gasteiger partial charge in [0.15, 0.2) is 5.13 Å². The number of anilines is 1. The number of thiazole rings is 1. The SMILES string of the molecule is CCOc1ccc2ccccc2c1C(=O)Nc1nc2c(Cl)ccc(Cl)c2s1. The summed E-state index contributed by atoms with van der Waals surface area (Å²) < 4.78 is 6.42. The van der Waals surface area contributed by atoms with Gasteiger partial charge in [-0.3, -0.25) is 10.1 Å². The second kappa shape index (κ2) is 7.35. The Kier molecular flexibility index (Phi) is 4.91. The molecular weight excluding hydrogens is 403 g/mol. The number of nitrogens with zero attached hydrogens (tertiary/aromatic N) is 1. The van der Waals surface area contributed by atoms with Gasteiger partial charge in [-0.1, -0.05) is 64.9 Å². The fourth-order valence-corrected chi connectivity index (χ4v) is 4.34. The second-order valence-corrected chi connectivity index (χ2v) is 7.59. The molecule has 1 heterocycles. The van der Waals surface area contributed by atoms with Crippen LogP contribution in [0.1, 0.15) is 17.3 Å². The molecule has 0 radical (unpaired) electrons. The first-order valence-electron chi connectivity index (χ1n) is 8.29. The van der Waals surface area contributed by atoms with Crippen molar-refractivity contribution in [2.75, 3.05) is 11.9 Å². The molecule has 0 fully saturated rings. The minimum Gasteiger partial charge on any atom is -0.493 e. The predicted octanol–water partition coefficient (Wildman–Crippen LogP) is 6.41. The molecule has 0 bridgehead atoms. The van der Waals surface area contributed by atoms with Crippen LogP contribution in [0.3, 0.4) is 0 Å². The summed E-state index contributed by atoms with van der Waals surface area (Å²) in [5.41, 5.74) is 1.05. The van der Waals surface area contributed by atoms with Crippen LogP contribution < -0.4 is 10.1 Å². The number of ether oxygens (including phenoxy) is 1. The number of fused-ring (bicyclic) bond motifs is 2. The molecular formula is C20H14Cl2N2O2S. The molecule has 4 rings (SSSR count). The number of halogens is 2. The van der Waals surface area contributed by atoms with E-state index in [1.807, 2.05) is 43.3 Å². The van der Waals surface area contributed by atoms with E-state index in [2.05, 4.69) is 10.3 Å². The van der Waals surface area contributed by atoms with E-state index in [4.69, 9.17) is 27.9 Å².